The Bertz CT molecular complexity index is 333. The van der Waals surface area contributed by atoms with Crippen molar-refractivity contribution in [2.24, 2.45) is 10.9 Å². The second kappa shape index (κ2) is 3.47. The van der Waals surface area contributed by atoms with Gasteiger partial charge in [0.2, 0.25) is 0 Å². The molecule has 0 aliphatic heterocycles. The fourth-order valence-electron chi connectivity index (χ4n) is 1.24. The largest absolute Gasteiger partial charge is 0.409 e. The van der Waals surface area contributed by atoms with Crippen LogP contribution in [0.2, 0.25) is 0 Å². The van der Waals surface area contributed by atoms with Gasteiger partial charge in [-0.3, -0.25) is 0 Å². The molecule has 70 valence electrons. The van der Waals surface area contributed by atoms with Crippen molar-refractivity contribution in [1.82, 2.24) is 0 Å². The molecule has 1 rings (SSSR count). The van der Waals surface area contributed by atoms with Crippen molar-refractivity contribution in [2.75, 3.05) is 0 Å². The lowest BCUT2D eigenvalue weighted by Gasteiger charge is -2.07. The van der Waals surface area contributed by atoms with Gasteiger partial charge in [0.25, 0.3) is 0 Å². The minimum absolute atomic E-state index is 0.159. The van der Waals surface area contributed by atoms with Crippen molar-refractivity contribution < 1.29 is 5.21 Å². The summed E-state index contributed by atoms with van der Waals surface area (Å²) in [4.78, 5) is 0. The lowest BCUT2D eigenvalue weighted by molar-refractivity contribution is 0.318. The summed E-state index contributed by atoms with van der Waals surface area (Å²) in [6, 6.07) is 3.83. The molecule has 0 fully saturated rings. The number of oxime groups is 1. The quantitative estimate of drug-likeness (QED) is 0.297. The summed E-state index contributed by atoms with van der Waals surface area (Å²) in [5, 5.41) is 11.5. The first kappa shape index (κ1) is 9.58. The molecule has 0 amide bonds. The average Bonchev–Trinajstić information content (AvgIpc) is 2.12. The van der Waals surface area contributed by atoms with E-state index >= 15 is 0 Å². The Labute approximate surface area is 77.9 Å². The number of nitrogens with two attached hydrogens (primary N) is 1. The van der Waals surface area contributed by atoms with Crippen LogP contribution in [0.3, 0.4) is 0 Å². The molecule has 0 radical (unpaired) electrons. The van der Waals surface area contributed by atoms with Crippen molar-refractivity contribution in [3.63, 3.8) is 0 Å². The van der Waals surface area contributed by atoms with Crippen LogP contribution < -0.4 is 5.73 Å². The summed E-state index contributed by atoms with van der Waals surface area (Å²) in [6.07, 6.45) is 0. The topological polar surface area (TPSA) is 58.6 Å². The van der Waals surface area contributed by atoms with Crippen LogP contribution in [-0.2, 0) is 0 Å². The van der Waals surface area contributed by atoms with Crippen LogP contribution in [0.1, 0.15) is 22.3 Å². The maximum absolute atomic E-state index is 8.50. The van der Waals surface area contributed by atoms with Gasteiger partial charge >= 0.3 is 0 Å². The molecular weight excluding hydrogens is 164 g/mol. The Morgan fingerprint density at radius 3 is 2.08 bits per heavy atom. The molecule has 3 heteroatoms. The van der Waals surface area contributed by atoms with E-state index in [2.05, 4.69) is 12.1 Å². The first-order valence-electron chi connectivity index (χ1n) is 4.12. The molecule has 0 spiro atoms. The lowest BCUT2D eigenvalue weighted by atomic mass is 10.0. The highest BCUT2D eigenvalue weighted by atomic mass is 16.4. The number of hydrogen-bond acceptors (Lipinski definition) is 2. The molecule has 0 atom stereocenters. The average molecular weight is 178 g/mol. The van der Waals surface area contributed by atoms with E-state index in [0.29, 0.717) is 0 Å². The highest BCUT2D eigenvalue weighted by Gasteiger charge is 2.03. The van der Waals surface area contributed by atoms with E-state index in [-0.39, 0.29) is 5.84 Å². The molecule has 0 saturated carbocycles. The Balaban J connectivity index is 3.29. The minimum atomic E-state index is 0.159. The van der Waals surface area contributed by atoms with E-state index < -0.39 is 0 Å². The second-order valence-electron chi connectivity index (χ2n) is 3.22. The van der Waals surface area contributed by atoms with E-state index in [1.54, 1.807) is 0 Å². The normalized spacial score (nSPS) is 11.8. The van der Waals surface area contributed by atoms with Gasteiger partial charge in [-0.2, -0.15) is 0 Å². The molecule has 0 heterocycles. The Morgan fingerprint density at radius 2 is 1.69 bits per heavy atom. The number of rotatable bonds is 1. The molecule has 1 aromatic carbocycles. The molecule has 1 aromatic rings. The van der Waals surface area contributed by atoms with Gasteiger partial charge in [0.05, 0.1) is 0 Å². The van der Waals surface area contributed by atoms with Crippen LogP contribution in [0.25, 0.3) is 0 Å². The van der Waals surface area contributed by atoms with Crippen molar-refractivity contribution in [1.29, 1.82) is 0 Å². The summed E-state index contributed by atoms with van der Waals surface area (Å²) < 4.78 is 0. The molecule has 0 aliphatic carbocycles. The van der Waals surface area contributed by atoms with Crippen LogP contribution in [0.15, 0.2) is 17.3 Å². The molecule has 13 heavy (non-hydrogen) atoms. The molecular formula is C10H14N2O. The zero-order valence-electron chi connectivity index (χ0n) is 8.13. The third kappa shape index (κ3) is 1.80. The van der Waals surface area contributed by atoms with Crippen molar-refractivity contribution in [2.45, 2.75) is 20.8 Å². The Hall–Kier alpha value is -1.51. The first-order valence-corrected chi connectivity index (χ1v) is 4.12. The van der Waals surface area contributed by atoms with Crippen LogP contribution in [0.4, 0.5) is 0 Å². The maximum Gasteiger partial charge on any atom is 0.170 e. The number of nitrogens with zero attached hydrogens (tertiary/aromatic N) is 1. The van der Waals surface area contributed by atoms with Gasteiger partial charge < -0.3 is 10.9 Å². The Kier molecular flexibility index (Phi) is 2.56. The van der Waals surface area contributed by atoms with Gasteiger partial charge in [-0.05, 0) is 49.6 Å². The fraction of sp³-hybridized carbons (Fsp3) is 0.300. The maximum atomic E-state index is 8.50. The van der Waals surface area contributed by atoms with Crippen LogP contribution in [0.5, 0.6) is 0 Å². The third-order valence-electron chi connectivity index (χ3n) is 2.33. The highest BCUT2D eigenvalue weighted by molar-refractivity contribution is 5.97. The van der Waals surface area contributed by atoms with Crippen molar-refractivity contribution >= 4 is 5.84 Å². The highest BCUT2D eigenvalue weighted by Crippen LogP contribution is 2.14. The second-order valence-corrected chi connectivity index (χ2v) is 3.22. The van der Waals surface area contributed by atoms with Crippen LogP contribution >= 0.6 is 0 Å². The zero-order chi connectivity index (χ0) is 10.0. The van der Waals surface area contributed by atoms with Gasteiger partial charge in [-0.1, -0.05) is 5.16 Å². The van der Waals surface area contributed by atoms with E-state index in [4.69, 9.17) is 10.9 Å². The first-order chi connectivity index (χ1) is 6.06. The molecule has 3 nitrogen and oxygen atoms in total. The standard InChI is InChI=1S/C10H14N2O/c1-6-4-9(10(11)12-13)5-7(2)8(6)3/h4-5,13H,1-3H3,(H2,11,12). The minimum Gasteiger partial charge on any atom is -0.409 e. The van der Waals surface area contributed by atoms with Crippen molar-refractivity contribution in [3.05, 3.63) is 34.4 Å². The number of aryl methyl sites for hydroxylation is 2. The fourth-order valence-corrected chi connectivity index (χ4v) is 1.24. The SMILES string of the molecule is Cc1cc(/C(N)=N/O)cc(C)c1C. The van der Waals surface area contributed by atoms with E-state index in [0.717, 1.165) is 16.7 Å². The molecule has 0 bridgehead atoms. The van der Waals surface area contributed by atoms with Crippen LogP contribution in [0, 0.1) is 20.8 Å². The molecule has 3 N–H and O–H groups in total. The summed E-state index contributed by atoms with van der Waals surface area (Å²) in [5.74, 6) is 0.159. The third-order valence-corrected chi connectivity index (χ3v) is 2.33. The van der Waals surface area contributed by atoms with E-state index in [1.165, 1.54) is 5.56 Å². The summed E-state index contributed by atoms with van der Waals surface area (Å²) in [7, 11) is 0. The summed E-state index contributed by atoms with van der Waals surface area (Å²) >= 11 is 0. The number of hydrogen-bond donors (Lipinski definition) is 2. The molecule has 0 unspecified atom stereocenters. The van der Waals surface area contributed by atoms with Gasteiger partial charge in [0, 0.05) is 5.56 Å². The molecule has 0 aromatic heterocycles. The Morgan fingerprint density at radius 1 is 1.23 bits per heavy atom. The van der Waals surface area contributed by atoms with E-state index in [1.807, 2.05) is 26.0 Å². The molecule has 0 aliphatic rings. The monoisotopic (exact) mass is 178 g/mol. The lowest BCUT2D eigenvalue weighted by Crippen LogP contribution is -2.13. The number of amidine groups is 1. The van der Waals surface area contributed by atoms with E-state index in [9.17, 15) is 0 Å². The van der Waals surface area contributed by atoms with Gasteiger partial charge in [0.1, 0.15) is 0 Å². The van der Waals surface area contributed by atoms with Gasteiger partial charge in [0.15, 0.2) is 5.84 Å². The van der Waals surface area contributed by atoms with Gasteiger partial charge in [-0.25, -0.2) is 0 Å². The smallest absolute Gasteiger partial charge is 0.170 e. The zero-order valence-corrected chi connectivity index (χ0v) is 8.13. The predicted octanol–water partition coefficient (Wildman–Crippen LogP) is 1.71. The summed E-state index contributed by atoms with van der Waals surface area (Å²) in [6.45, 7) is 6.08. The van der Waals surface area contributed by atoms with Crippen LogP contribution in [-0.4, -0.2) is 11.0 Å². The number of benzene rings is 1. The summed E-state index contributed by atoms with van der Waals surface area (Å²) in [5.41, 5.74) is 9.80. The van der Waals surface area contributed by atoms with Crippen molar-refractivity contribution in [3.8, 4) is 0 Å². The predicted molar refractivity (Wildman–Crippen MR) is 53.2 cm³/mol. The van der Waals surface area contributed by atoms with Gasteiger partial charge in [-0.15, -0.1) is 0 Å². The molecule has 0 saturated heterocycles.